The Hall–Kier alpha value is 7.82. The summed E-state index contributed by atoms with van der Waals surface area (Å²) in [5.74, 6) is 0. The maximum absolute atomic E-state index is 0. The summed E-state index contributed by atoms with van der Waals surface area (Å²) in [4.78, 5) is 0. The van der Waals surface area contributed by atoms with Gasteiger partial charge in [-0.25, -0.2) is 0 Å². The Kier molecular flexibility index (Phi) is 435. The molecule has 0 rings (SSSR count). The molecule has 0 aliphatic rings. The summed E-state index contributed by atoms with van der Waals surface area (Å²) >= 11 is 0. The van der Waals surface area contributed by atoms with Gasteiger partial charge in [0.1, 0.15) is 0 Å². The van der Waals surface area contributed by atoms with E-state index in [0.717, 1.165) is 0 Å². The van der Waals surface area contributed by atoms with Crippen LogP contribution in [0.1, 0.15) is 1.43 Å². The zero-order chi connectivity index (χ0) is 0. The fourth-order valence-corrected chi connectivity index (χ4v) is 0. The predicted molar refractivity (Wildman–Crippen MR) is 46.6 cm³/mol. The zero-order valence-corrected chi connectivity index (χ0v) is 25.6. The van der Waals surface area contributed by atoms with E-state index in [1.165, 1.54) is 0 Å². The topological polar surface area (TPSA) is 0 Å². The Morgan fingerprint density at radius 3 is 1.11 bits per heavy atom. The van der Waals surface area contributed by atoms with Gasteiger partial charge >= 0.3 is 142 Å². The number of hydrogen-bond donors (Lipinski definition) is 0. The molecular formula is H13AgCdGaGeInKPbTlZn. The van der Waals surface area contributed by atoms with E-state index in [1.54, 1.807) is 0 Å². The molecule has 0 fully saturated rings. The largest absolute Gasteiger partial charge is 0 e. The van der Waals surface area contributed by atoms with Crippen molar-refractivity contribution in [1.82, 2.24) is 0 Å². The van der Waals surface area contributed by atoms with Crippen LogP contribution >= 0.6 is 0 Å². The summed E-state index contributed by atoms with van der Waals surface area (Å²) in [7, 11) is 0. The molecule has 0 aromatic heterocycles. The average Bonchev–Trinajstić information content (AvgIpc) is 0. The molecule has 0 nitrogen and oxygen atoms in total. The van der Waals surface area contributed by atoms with Crippen LogP contribution in [0.3, 0.4) is 0 Å². The first-order chi connectivity index (χ1) is 0. The van der Waals surface area contributed by atoms with Crippen molar-refractivity contribution >= 4 is 118 Å². The summed E-state index contributed by atoms with van der Waals surface area (Å²) in [5.41, 5.74) is 0. The number of rotatable bonds is 0. The van der Waals surface area contributed by atoms with Gasteiger partial charge in [-0.15, -0.1) is 0 Å². The molecule has 0 aliphatic heterocycles. The van der Waals surface area contributed by atoms with Crippen molar-refractivity contribution in [2.75, 3.05) is 0 Å². The maximum atomic E-state index is 0. The van der Waals surface area contributed by atoms with Crippen LogP contribution in [0.25, 0.3) is 0 Å². The predicted octanol–water partition coefficient (Wildman–Crippen LogP) is -8.01. The van der Waals surface area contributed by atoms with Gasteiger partial charge in [0.2, 0.25) is 0 Å². The van der Waals surface area contributed by atoms with Crippen LogP contribution in [0.2, 0.25) is 0 Å². The van der Waals surface area contributed by atoms with Crippen molar-refractivity contribution in [3.8, 4) is 0 Å². The van der Waals surface area contributed by atoms with E-state index in [4.69, 9.17) is 0 Å². The first-order valence-corrected chi connectivity index (χ1v) is 0. The molecule has 0 aromatic rings. The van der Waals surface area contributed by atoms with E-state index >= 15 is 0 Å². The Morgan fingerprint density at radius 1 is 1.11 bits per heavy atom. The molecule has 4 radical (unpaired) electrons. The van der Waals surface area contributed by atoms with Crippen LogP contribution in [-0.4, -0.2) is 118 Å². The smallest absolute Gasteiger partial charge is 0 e. The van der Waals surface area contributed by atoms with Crippen molar-refractivity contribution in [1.29, 1.82) is 0 Å². The molecule has 9 heteroatoms. The maximum Gasteiger partial charge on any atom is 0 e. The Balaban J connectivity index is 0. The standard InChI is InChI=1S/Ag.Cd.Ga.GeH4.In.K.Pb.Tl.Zn.9H/h;;;1H4;;;;;;;;;;;;;;/q;;;;;+1;;;;;;;;;;;;-1. The minimum atomic E-state index is 0. The fourth-order valence-electron chi connectivity index (χ4n) is 0. The second-order valence-electron chi connectivity index (χ2n) is 0. The third-order valence-electron chi connectivity index (χ3n) is 0. The third kappa shape index (κ3) is 49.4. The van der Waals surface area contributed by atoms with E-state index in [1.807, 2.05) is 0 Å². The van der Waals surface area contributed by atoms with Gasteiger partial charge in [-0.1, -0.05) is 0 Å². The van der Waals surface area contributed by atoms with Gasteiger partial charge < -0.3 is 1.43 Å². The van der Waals surface area contributed by atoms with Crippen molar-refractivity contribution in [3.63, 3.8) is 0 Å². The van der Waals surface area contributed by atoms with Gasteiger partial charge in [0.25, 0.3) is 0 Å². The van der Waals surface area contributed by atoms with Gasteiger partial charge in [0.15, 0.2) is 0 Å². The van der Waals surface area contributed by atoms with Gasteiger partial charge in [-0.2, -0.15) is 0 Å². The quantitative estimate of drug-likeness (QED) is 0.212. The van der Waals surface area contributed by atoms with E-state index in [0.29, 0.717) is 0 Å². The first kappa shape index (κ1) is 68.9. The van der Waals surface area contributed by atoms with Crippen LogP contribution in [-0.2, 0) is 69.2 Å². The minimum Gasteiger partial charge on any atom is 0 e. The van der Waals surface area contributed by atoms with Crippen molar-refractivity contribution in [3.05, 3.63) is 0 Å². The molecule has 0 spiro atoms. The SMILES string of the molecule is [Ag].[Cd].[GaH3].[GeH4].[H-].[InH3].[K+].[PbH2].[Tl].[Zn]. The average molecular weight is 1010 g/mol. The molecule has 0 atom stereocenters. The van der Waals surface area contributed by atoms with Crippen molar-refractivity contribution in [2.24, 2.45) is 0 Å². The normalized spacial score (nSPS) is 0. The summed E-state index contributed by atoms with van der Waals surface area (Å²) in [6.45, 7) is 0. The Morgan fingerprint density at radius 2 is 1.11 bits per heavy atom. The molecule has 0 aromatic carbocycles. The van der Waals surface area contributed by atoms with Crippen LogP contribution < -0.4 is 51.4 Å². The third-order valence-corrected chi connectivity index (χ3v) is 0. The molecule has 9 heavy (non-hydrogen) atoms. The van der Waals surface area contributed by atoms with Crippen molar-refractivity contribution < 1.29 is 122 Å². The van der Waals surface area contributed by atoms with Crippen LogP contribution in [0.15, 0.2) is 0 Å². The van der Waals surface area contributed by atoms with Gasteiger partial charge in [0.05, 0.1) is 0 Å². The fraction of sp³-hybridized carbons (Fsp3) is 0. The molecule has 0 amide bonds. The molecule has 0 N–H and O–H groups in total. The summed E-state index contributed by atoms with van der Waals surface area (Å²) in [5, 5.41) is 0. The first-order valence-electron chi connectivity index (χ1n) is 0. The van der Waals surface area contributed by atoms with Gasteiger partial charge in [-0.3, -0.25) is 0 Å². The van der Waals surface area contributed by atoms with Crippen LogP contribution in [0, 0.1) is 0 Å². The molecule has 46 valence electrons. The second-order valence-corrected chi connectivity index (χ2v) is 0. The number of hydrogen-bond acceptors (Lipinski definition) is 0. The Labute approximate surface area is 232 Å². The summed E-state index contributed by atoms with van der Waals surface area (Å²) < 4.78 is 0. The van der Waals surface area contributed by atoms with Gasteiger partial charge in [-0.05, 0) is 0 Å². The minimum absolute atomic E-state index is 0. The molecule has 0 bridgehead atoms. The second kappa shape index (κ2) is 56.8. The molecule has 0 aliphatic carbocycles. The Bertz CT molecular complexity index is 33.2. The van der Waals surface area contributed by atoms with Crippen molar-refractivity contribution in [2.45, 2.75) is 0 Å². The monoisotopic (exact) mass is 1010 g/mol. The van der Waals surface area contributed by atoms with E-state index in [9.17, 15) is 0 Å². The molecule has 0 saturated heterocycles. The molecule has 0 unspecified atom stereocenters. The van der Waals surface area contributed by atoms with Crippen LogP contribution in [0.4, 0.5) is 0 Å². The van der Waals surface area contributed by atoms with E-state index in [-0.39, 0.29) is 240 Å². The molecular weight excluding hydrogens is 994 g/mol. The van der Waals surface area contributed by atoms with E-state index in [2.05, 4.69) is 0 Å². The molecule has 0 heterocycles. The summed E-state index contributed by atoms with van der Waals surface area (Å²) in [6.07, 6.45) is 0. The van der Waals surface area contributed by atoms with E-state index < -0.39 is 0 Å². The zero-order valence-electron chi connectivity index (χ0n) is 5.00. The summed E-state index contributed by atoms with van der Waals surface area (Å²) in [6, 6.07) is 0. The molecule has 0 saturated carbocycles. The van der Waals surface area contributed by atoms with Crippen LogP contribution in [0.5, 0.6) is 0 Å². The van der Waals surface area contributed by atoms with Gasteiger partial charge in [0, 0.05) is 96.5 Å².